The quantitative estimate of drug-likeness (QED) is 0.381. The van der Waals surface area contributed by atoms with Gasteiger partial charge in [-0.15, -0.1) is 11.3 Å². The number of amides is 1. The fourth-order valence-electron chi connectivity index (χ4n) is 3.70. The van der Waals surface area contributed by atoms with Gasteiger partial charge in [-0.3, -0.25) is 14.5 Å². The molecule has 7 nitrogen and oxygen atoms in total. The van der Waals surface area contributed by atoms with Crippen LogP contribution in [0.2, 0.25) is 0 Å². The minimum atomic E-state index is -1.17. The number of nitrogens with zero attached hydrogens (tertiary/aromatic N) is 2. The van der Waals surface area contributed by atoms with Crippen molar-refractivity contribution in [2.45, 2.75) is 6.04 Å². The number of hydrogen-bond acceptors (Lipinski definition) is 7. The van der Waals surface area contributed by atoms with E-state index in [4.69, 9.17) is 9.47 Å². The van der Waals surface area contributed by atoms with Crippen molar-refractivity contribution >= 4 is 33.9 Å². The number of anilines is 1. The molecule has 3 aromatic rings. The third-order valence-electron chi connectivity index (χ3n) is 5.09. The van der Waals surface area contributed by atoms with Gasteiger partial charge in [0.25, 0.3) is 5.78 Å². The van der Waals surface area contributed by atoms with E-state index in [0.717, 1.165) is 16.2 Å². The Kier molecular flexibility index (Phi) is 4.67. The second-order valence-electron chi connectivity index (χ2n) is 6.86. The van der Waals surface area contributed by atoms with Gasteiger partial charge in [-0.2, -0.15) is 0 Å². The number of aliphatic hydroxyl groups excluding tert-OH is 1. The Morgan fingerprint density at radius 1 is 1.13 bits per heavy atom. The van der Waals surface area contributed by atoms with Gasteiger partial charge >= 0.3 is 5.91 Å². The van der Waals surface area contributed by atoms with Crippen molar-refractivity contribution in [1.29, 1.82) is 0 Å². The van der Waals surface area contributed by atoms with Gasteiger partial charge in [-0.25, -0.2) is 9.37 Å². The zero-order valence-corrected chi connectivity index (χ0v) is 16.8. The molecule has 156 valence electrons. The van der Waals surface area contributed by atoms with Gasteiger partial charge in [0.05, 0.1) is 5.57 Å². The minimum Gasteiger partial charge on any atom is -0.507 e. The molecule has 0 bridgehead atoms. The maximum Gasteiger partial charge on any atom is 0.301 e. The van der Waals surface area contributed by atoms with E-state index in [2.05, 4.69) is 4.98 Å². The molecule has 5 rings (SSSR count). The second-order valence-corrected chi connectivity index (χ2v) is 7.74. The molecule has 1 fully saturated rings. The standard InChI is InChI=1S/C22H15FN2O5S/c23-14-4-2-1-3-13(14)18-17(20(27)21(28)25(18)22-24-7-10-31-22)19(26)12-5-6-15-16(11-12)30-9-8-29-15/h1-7,10-11,18,26H,8-9H2/b19-17-. The lowest BCUT2D eigenvalue weighted by Gasteiger charge is -2.23. The highest BCUT2D eigenvalue weighted by Gasteiger charge is 2.48. The van der Waals surface area contributed by atoms with Gasteiger partial charge in [0.1, 0.15) is 30.8 Å². The number of aliphatic hydroxyl groups is 1. The Hall–Kier alpha value is -3.72. The molecule has 1 unspecified atom stereocenters. The molecule has 2 aliphatic heterocycles. The number of fused-ring (bicyclic) bond motifs is 1. The number of ether oxygens (including phenoxy) is 2. The van der Waals surface area contributed by atoms with Crippen molar-refractivity contribution < 1.29 is 28.6 Å². The van der Waals surface area contributed by atoms with Crippen molar-refractivity contribution in [2.75, 3.05) is 18.1 Å². The number of benzene rings is 2. The van der Waals surface area contributed by atoms with Crippen LogP contribution in [-0.4, -0.2) is 35.0 Å². The normalized spacial score (nSPS) is 19.6. The number of Topliss-reactive ketones (excluding diaryl/α,β-unsaturated/α-hetero) is 1. The Morgan fingerprint density at radius 2 is 1.90 bits per heavy atom. The van der Waals surface area contributed by atoms with Crippen LogP contribution in [0.1, 0.15) is 17.2 Å². The first-order chi connectivity index (χ1) is 15.1. The average molecular weight is 438 g/mol. The Bertz CT molecular complexity index is 1220. The van der Waals surface area contributed by atoms with E-state index in [1.165, 1.54) is 30.5 Å². The lowest BCUT2D eigenvalue weighted by Crippen LogP contribution is -2.29. The summed E-state index contributed by atoms with van der Waals surface area (Å²) in [5, 5.41) is 13.0. The van der Waals surface area contributed by atoms with Gasteiger partial charge in [0.15, 0.2) is 16.6 Å². The second kappa shape index (κ2) is 7.51. The van der Waals surface area contributed by atoms with Gasteiger partial charge in [0.2, 0.25) is 0 Å². The summed E-state index contributed by atoms with van der Waals surface area (Å²) in [6.07, 6.45) is 1.48. The molecule has 1 amide bonds. The van der Waals surface area contributed by atoms with Crippen LogP contribution >= 0.6 is 11.3 Å². The van der Waals surface area contributed by atoms with Gasteiger partial charge in [-0.05, 0) is 24.3 Å². The highest BCUT2D eigenvalue weighted by Crippen LogP contribution is 2.44. The Morgan fingerprint density at radius 3 is 2.65 bits per heavy atom. The number of carbonyl (C=O) groups is 2. The van der Waals surface area contributed by atoms with Crippen LogP contribution in [0.3, 0.4) is 0 Å². The van der Waals surface area contributed by atoms with Crippen molar-refractivity contribution in [1.82, 2.24) is 4.98 Å². The van der Waals surface area contributed by atoms with Crippen LogP contribution in [0.4, 0.5) is 9.52 Å². The molecule has 2 aliphatic rings. The van der Waals surface area contributed by atoms with Crippen molar-refractivity contribution in [3.63, 3.8) is 0 Å². The number of hydrogen-bond donors (Lipinski definition) is 1. The van der Waals surface area contributed by atoms with Gasteiger partial charge in [0, 0.05) is 22.7 Å². The zero-order chi connectivity index (χ0) is 21.5. The fourth-order valence-corrected chi connectivity index (χ4v) is 4.37. The topological polar surface area (TPSA) is 89.0 Å². The summed E-state index contributed by atoms with van der Waals surface area (Å²) in [5.74, 6) is -1.92. The summed E-state index contributed by atoms with van der Waals surface area (Å²) >= 11 is 1.14. The van der Waals surface area contributed by atoms with Crippen LogP contribution in [0, 0.1) is 5.82 Å². The molecule has 0 spiro atoms. The summed E-state index contributed by atoms with van der Waals surface area (Å²) < 4.78 is 25.8. The molecule has 1 saturated heterocycles. The van der Waals surface area contributed by atoms with Crippen LogP contribution in [-0.2, 0) is 9.59 Å². The van der Waals surface area contributed by atoms with E-state index in [1.807, 2.05) is 0 Å². The summed E-state index contributed by atoms with van der Waals surface area (Å²) in [6, 6.07) is 9.35. The number of carbonyl (C=O) groups excluding carboxylic acids is 2. The average Bonchev–Trinajstić information content (AvgIpc) is 3.40. The monoisotopic (exact) mass is 438 g/mol. The predicted octanol–water partition coefficient (Wildman–Crippen LogP) is 3.68. The first-order valence-corrected chi connectivity index (χ1v) is 10.3. The van der Waals surface area contributed by atoms with Crippen LogP contribution in [0.25, 0.3) is 5.76 Å². The summed E-state index contributed by atoms with van der Waals surface area (Å²) in [6.45, 7) is 0.755. The van der Waals surface area contributed by atoms with Gasteiger partial charge < -0.3 is 14.6 Å². The van der Waals surface area contributed by atoms with E-state index >= 15 is 0 Å². The maximum absolute atomic E-state index is 14.8. The highest BCUT2D eigenvalue weighted by atomic mass is 32.1. The third-order valence-corrected chi connectivity index (χ3v) is 5.86. The fraction of sp³-hybridized carbons (Fsp3) is 0.136. The summed E-state index contributed by atoms with van der Waals surface area (Å²) in [4.78, 5) is 31.1. The molecule has 9 heteroatoms. The first kappa shape index (κ1) is 19.3. The molecule has 1 aromatic heterocycles. The van der Waals surface area contributed by atoms with E-state index in [-0.39, 0.29) is 21.8 Å². The predicted molar refractivity (Wildman–Crippen MR) is 111 cm³/mol. The number of halogens is 1. The van der Waals surface area contributed by atoms with Crippen LogP contribution in [0.5, 0.6) is 11.5 Å². The molecule has 0 aliphatic carbocycles. The van der Waals surface area contributed by atoms with Crippen LogP contribution in [0.15, 0.2) is 59.6 Å². The van der Waals surface area contributed by atoms with Crippen molar-refractivity contribution in [3.05, 3.63) is 76.6 Å². The zero-order valence-electron chi connectivity index (χ0n) is 15.9. The lowest BCUT2D eigenvalue weighted by atomic mass is 9.95. The molecule has 31 heavy (non-hydrogen) atoms. The Labute approximate surface area is 180 Å². The van der Waals surface area contributed by atoms with Gasteiger partial charge in [-0.1, -0.05) is 18.2 Å². The number of aromatic nitrogens is 1. The molecule has 1 N–H and O–H groups in total. The Balaban J connectivity index is 1.71. The molecule has 3 heterocycles. The van der Waals surface area contributed by atoms with E-state index in [1.54, 1.807) is 23.6 Å². The first-order valence-electron chi connectivity index (χ1n) is 9.41. The maximum atomic E-state index is 14.8. The molecular formula is C22H15FN2O5S. The van der Waals surface area contributed by atoms with E-state index in [0.29, 0.717) is 24.7 Å². The molecular weight excluding hydrogens is 423 g/mol. The molecule has 0 saturated carbocycles. The SMILES string of the molecule is O=C1C(=O)N(c2nccs2)C(c2ccccc2F)/C1=C(/O)c1ccc2c(c1)OCCO2. The lowest BCUT2D eigenvalue weighted by molar-refractivity contribution is -0.132. The molecule has 0 radical (unpaired) electrons. The number of ketones is 1. The highest BCUT2D eigenvalue weighted by molar-refractivity contribution is 7.14. The molecule has 1 atom stereocenters. The smallest absolute Gasteiger partial charge is 0.301 e. The largest absolute Gasteiger partial charge is 0.507 e. The van der Waals surface area contributed by atoms with E-state index in [9.17, 15) is 19.1 Å². The van der Waals surface area contributed by atoms with Crippen LogP contribution < -0.4 is 14.4 Å². The minimum absolute atomic E-state index is 0.0796. The number of thiazole rings is 1. The third kappa shape index (κ3) is 3.14. The van der Waals surface area contributed by atoms with E-state index < -0.39 is 29.3 Å². The van der Waals surface area contributed by atoms with Crippen molar-refractivity contribution in [3.8, 4) is 11.5 Å². The van der Waals surface area contributed by atoms with Crippen molar-refractivity contribution in [2.24, 2.45) is 0 Å². The number of rotatable bonds is 3. The molecule has 2 aromatic carbocycles. The summed E-state index contributed by atoms with van der Waals surface area (Å²) in [7, 11) is 0. The summed E-state index contributed by atoms with van der Waals surface area (Å²) in [5.41, 5.74) is 0.112.